The second kappa shape index (κ2) is 14.0. The summed E-state index contributed by atoms with van der Waals surface area (Å²) in [6.45, 7) is 6.34. The van der Waals surface area contributed by atoms with E-state index in [1.54, 1.807) is 35.1 Å². The van der Waals surface area contributed by atoms with Gasteiger partial charge in [0.05, 0.1) is 18.8 Å². The molecule has 0 unspecified atom stereocenters. The second-order valence-electron chi connectivity index (χ2n) is 7.57. The Labute approximate surface area is 202 Å². The number of likely N-dealkylation sites (tertiary alicyclic amines) is 1. The molecule has 1 amide bonds. The van der Waals surface area contributed by atoms with Crippen molar-refractivity contribution in [3.63, 3.8) is 0 Å². The third-order valence-electron chi connectivity index (χ3n) is 5.11. The first-order chi connectivity index (χ1) is 13.8. The lowest BCUT2D eigenvalue weighted by Crippen LogP contribution is -2.50. The first-order valence-electron chi connectivity index (χ1n) is 10.3. The number of sulfonamides is 1. The predicted molar refractivity (Wildman–Crippen MR) is 135 cm³/mol. The quantitative estimate of drug-likeness (QED) is 0.240. The first kappa shape index (κ1) is 27.7. The minimum Gasteiger partial charge on any atom is -0.357 e. The van der Waals surface area contributed by atoms with E-state index >= 15 is 0 Å². The van der Waals surface area contributed by atoms with Crippen molar-refractivity contribution in [3.8, 4) is 0 Å². The standard InChI is InChI=1S/C18H36N6O3S2.HI/c1-4-19-18(20-7-14-29(26,27)24-10-12-28-13-11-24)21-16-5-8-23(9-6-16)15-17(25)22(2)3;/h16H,4-15H2,1-3H3,(H2,19,20,21);1H. The maximum Gasteiger partial charge on any atom is 0.236 e. The van der Waals surface area contributed by atoms with Gasteiger partial charge >= 0.3 is 0 Å². The molecule has 2 aliphatic heterocycles. The fourth-order valence-corrected chi connectivity index (χ4v) is 5.76. The summed E-state index contributed by atoms with van der Waals surface area (Å²) in [5.74, 6) is 2.57. The van der Waals surface area contributed by atoms with Gasteiger partial charge in [0.15, 0.2) is 5.96 Å². The van der Waals surface area contributed by atoms with E-state index in [4.69, 9.17) is 0 Å². The summed E-state index contributed by atoms with van der Waals surface area (Å²) < 4.78 is 26.5. The molecule has 0 aliphatic carbocycles. The normalized spacial score (nSPS) is 19.8. The number of carbonyl (C=O) groups excluding carboxylic acids is 1. The zero-order chi connectivity index (χ0) is 21.3. The van der Waals surface area contributed by atoms with Gasteiger partial charge in [0, 0.05) is 64.4 Å². The van der Waals surface area contributed by atoms with Crippen LogP contribution in [0.2, 0.25) is 0 Å². The molecule has 0 aromatic heterocycles. The smallest absolute Gasteiger partial charge is 0.236 e. The van der Waals surface area contributed by atoms with Crippen molar-refractivity contribution in [1.29, 1.82) is 0 Å². The van der Waals surface area contributed by atoms with Crippen LogP contribution in [0.25, 0.3) is 0 Å². The van der Waals surface area contributed by atoms with Crippen LogP contribution < -0.4 is 10.6 Å². The molecule has 30 heavy (non-hydrogen) atoms. The summed E-state index contributed by atoms with van der Waals surface area (Å²) in [5.41, 5.74) is 0. The Morgan fingerprint density at radius 2 is 1.80 bits per heavy atom. The Kier molecular flexibility index (Phi) is 12.9. The van der Waals surface area contributed by atoms with E-state index in [1.165, 1.54) is 0 Å². The number of guanidine groups is 1. The number of hydrogen-bond acceptors (Lipinski definition) is 6. The molecule has 0 radical (unpaired) electrons. The van der Waals surface area contributed by atoms with Gasteiger partial charge in [0.2, 0.25) is 15.9 Å². The number of carbonyl (C=O) groups is 1. The summed E-state index contributed by atoms with van der Waals surface area (Å²) >= 11 is 1.80. The SMILES string of the molecule is CCNC(=NCCS(=O)(=O)N1CCSCC1)NC1CCN(CC(=O)N(C)C)CC1.I. The van der Waals surface area contributed by atoms with Crippen LogP contribution in [-0.2, 0) is 14.8 Å². The molecule has 0 saturated carbocycles. The molecule has 9 nitrogen and oxygen atoms in total. The van der Waals surface area contributed by atoms with Gasteiger partial charge in [0.25, 0.3) is 0 Å². The monoisotopic (exact) mass is 576 g/mol. The number of hydrogen-bond donors (Lipinski definition) is 2. The lowest BCUT2D eigenvalue weighted by molar-refractivity contribution is -0.130. The summed E-state index contributed by atoms with van der Waals surface area (Å²) in [4.78, 5) is 20.1. The molecule has 2 heterocycles. The van der Waals surface area contributed by atoms with Gasteiger partial charge in [-0.1, -0.05) is 0 Å². The number of nitrogens with zero attached hydrogens (tertiary/aromatic N) is 4. The Bertz CT molecular complexity index is 648. The maximum atomic E-state index is 12.5. The fourth-order valence-electron chi connectivity index (χ4n) is 3.31. The molecule has 0 spiro atoms. The van der Waals surface area contributed by atoms with Crippen molar-refractivity contribution < 1.29 is 13.2 Å². The minimum atomic E-state index is -3.24. The molecule has 2 N–H and O–H groups in total. The molecular weight excluding hydrogens is 539 g/mol. The van der Waals surface area contributed by atoms with Gasteiger partial charge in [-0.3, -0.25) is 14.7 Å². The van der Waals surface area contributed by atoms with Gasteiger partial charge in [-0.2, -0.15) is 11.8 Å². The van der Waals surface area contributed by atoms with Crippen molar-refractivity contribution in [1.82, 2.24) is 24.7 Å². The molecule has 0 aromatic rings. The highest BCUT2D eigenvalue weighted by molar-refractivity contribution is 14.0. The lowest BCUT2D eigenvalue weighted by atomic mass is 10.1. The van der Waals surface area contributed by atoms with Crippen LogP contribution in [0.5, 0.6) is 0 Å². The molecule has 0 aromatic carbocycles. The van der Waals surface area contributed by atoms with E-state index in [-0.39, 0.29) is 48.2 Å². The number of halogens is 1. The lowest BCUT2D eigenvalue weighted by Gasteiger charge is -2.33. The van der Waals surface area contributed by atoms with Crippen molar-refractivity contribution in [3.05, 3.63) is 0 Å². The molecule has 2 rings (SSSR count). The van der Waals surface area contributed by atoms with Crippen LogP contribution in [0, 0.1) is 0 Å². The molecule has 2 saturated heterocycles. The molecule has 0 bridgehead atoms. The third kappa shape index (κ3) is 9.45. The topological polar surface area (TPSA) is 97.3 Å². The molecule has 2 fully saturated rings. The van der Waals surface area contributed by atoms with Crippen molar-refractivity contribution in [2.75, 3.05) is 77.2 Å². The average molecular weight is 577 g/mol. The van der Waals surface area contributed by atoms with E-state index < -0.39 is 10.0 Å². The van der Waals surface area contributed by atoms with Gasteiger partial charge in [-0.25, -0.2) is 12.7 Å². The molecule has 176 valence electrons. The number of rotatable bonds is 8. The average Bonchev–Trinajstić information content (AvgIpc) is 2.70. The highest BCUT2D eigenvalue weighted by Gasteiger charge is 2.24. The largest absolute Gasteiger partial charge is 0.357 e. The van der Waals surface area contributed by atoms with E-state index in [1.807, 2.05) is 6.92 Å². The number of thioether (sulfide) groups is 1. The Morgan fingerprint density at radius 3 is 2.37 bits per heavy atom. The molecule has 12 heteroatoms. The highest BCUT2D eigenvalue weighted by Crippen LogP contribution is 2.13. The van der Waals surface area contributed by atoms with Gasteiger partial charge in [0.1, 0.15) is 0 Å². The summed E-state index contributed by atoms with van der Waals surface area (Å²) in [6, 6.07) is 0.272. The molecular formula is C18H37IN6O3S2. The Balaban J connectivity index is 0.00000450. The first-order valence-corrected chi connectivity index (χ1v) is 13.1. The van der Waals surface area contributed by atoms with Crippen LogP contribution in [0.1, 0.15) is 19.8 Å². The van der Waals surface area contributed by atoms with Crippen LogP contribution >= 0.6 is 35.7 Å². The van der Waals surface area contributed by atoms with Gasteiger partial charge in [-0.05, 0) is 19.8 Å². The fraction of sp³-hybridized carbons (Fsp3) is 0.889. The van der Waals surface area contributed by atoms with Crippen LogP contribution in [-0.4, -0.2) is 118 Å². The Hall–Kier alpha value is -0.310. The maximum absolute atomic E-state index is 12.5. The van der Waals surface area contributed by atoms with Crippen molar-refractivity contribution in [2.45, 2.75) is 25.8 Å². The summed E-state index contributed by atoms with van der Waals surface area (Å²) in [5, 5.41) is 6.63. The number of amides is 1. The predicted octanol–water partition coefficient (Wildman–Crippen LogP) is 0.0907. The van der Waals surface area contributed by atoms with Gasteiger partial charge in [-0.15, -0.1) is 24.0 Å². The van der Waals surface area contributed by atoms with E-state index in [2.05, 4.69) is 20.5 Å². The van der Waals surface area contributed by atoms with E-state index in [0.29, 0.717) is 25.6 Å². The number of nitrogens with one attached hydrogen (secondary N) is 2. The van der Waals surface area contributed by atoms with Gasteiger partial charge < -0.3 is 15.5 Å². The zero-order valence-electron chi connectivity index (χ0n) is 18.3. The van der Waals surface area contributed by atoms with Crippen molar-refractivity contribution >= 4 is 57.6 Å². The zero-order valence-corrected chi connectivity index (χ0v) is 22.3. The van der Waals surface area contributed by atoms with Crippen LogP contribution in [0.15, 0.2) is 4.99 Å². The third-order valence-corrected chi connectivity index (χ3v) is 7.91. The van der Waals surface area contributed by atoms with Crippen LogP contribution in [0.4, 0.5) is 0 Å². The number of aliphatic imine (C=N–C) groups is 1. The van der Waals surface area contributed by atoms with E-state index in [0.717, 1.165) is 44.0 Å². The Morgan fingerprint density at radius 1 is 1.17 bits per heavy atom. The highest BCUT2D eigenvalue weighted by atomic mass is 127. The second-order valence-corrected chi connectivity index (χ2v) is 10.9. The summed E-state index contributed by atoms with van der Waals surface area (Å²) in [6.07, 6.45) is 1.85. The summed E-state index contributed by atoms with van der Waals surface area (Å²) in [7, 11) is 0.318. The minimum absolute atomic E-state index is 0. The van der Waals surface area contributed by atoms with Crippen LogP contribution in [0.3, 0.4) is 0 Å². The number of piperidine rings is 1. The molecule has 2 aliphatic rings. The van der Waals surface area contributed by atoms with E-state index in [9.17, 15) is 13.2 Å². The number of likely N-dealkylation sites (N-methyl/N-ethyl adjacent to an activating group) is 1. The molecule has 0 atom stereocenters. The van der Waals surface area contributed by atoms with Crippen molar-refractivity contribution in [2.24, 2.45) is 4.99 Å².